The lowest BCUT2D eigenvalue weighted by molar-refractivity contribution is 0.376. The minimum absolute atomic E-state index is 0.766. The molecule has 1 aliphatic carbocycles. The Balaban J connectivity index is 1.79. The molecular formula is C21H26. The molecule has 0 heteroatoms. The van der Waals surface area contributed by atoms with Crippen LogP contribution in [0.15, 0.2) is 48.6 Å². The predicted octanol–water partition coefficient (Wildman–Crippen LogP) is 6.25. The molecule has 0 aliphatic heterocycles. The number of allylic oxidation sites excluding steroid dienone is 2. The Morgan fingerprint density at radius 3 is 2.38 bits per heavy atom. The molecule has 0 amide bonds. The molecule has 110 valence electrons. The lowest BCUT2D eigenvalue weighted by atomic mass is 9.78. The molecule has 21 heavy (non-hydrogen) atoms. The van der Waals surface area contributed by atoms with Crippen molar-refractivity contribution in [3.8, 4) is 0 Å². The van der Waals surface area contributed by atoms with Gasteiger partial charge in [0.1, 0.15) is 0 Å². The van der Waals surface area contributed by atoms with Gasteiger partial charge in [-0.05, 0) is 72.8 Å². The Morgan fingerprint density at radius 2 is 1.67 bits per heavy atom. The summed E-state index contributed by atoms with van der Waals surface area (Å²) in [6.07, 6.45) is 11.1. The molecule has 0 N–H and O–H groups in total. The highest BCUT2D eigenvalue weighted by Crippen LogP contribution is 2.37. The van der Waals surface area contributed by atoms with E-state index in [1.165, 1.54) is 42.0 Å². The molecule has 0 spiro atoms. The maximum Gasteiger partial charge on any atom is -0.0161 e. The minimum atomic E-state index is 0.766. The Labute approximate surface area is 128 Å². The fourth-order valence-electron chi connectivity index (χ4n) is 3.70. The van der Waals surface area contributed by atoms with Crippen molar-refractivity contribution in [3.63, 3.8) is 0 Å². The van der Waals surface area contributed by atoms with Gasteiger partial charge >= 0.3 is 0 Å². The third-order valence-corrected chi connectivity index (χ3v) is 5.04. The predicted molar refractivity (Wildman–Crippen MR) is 92.8 cm³/mol. The van der Waals surface area contributed by atoms with E-state index in [2.05, 4.69) is 62.4 Å². The Hall–Kier alpha value is -1.56. The van der Waals surface area contributed by atoms with Crippen LogP contribution in [0.2, 0.25) is 0 Å². The summed E-state index contributed by atoms with van der Waals surface area (Å²) in [5.74, 6) is 1.58. The molecule has 0 aromatic heterocycles. The summed E-state index contributed by atoms with van der Waals surface area (Å²) in [4.78, 5) is 0. The van der Waals surface area contributed by atoms with Crippen molar-refractivity contribution < 1.29 is 0 Å². The minimum Gasteiger partial charge on any atom is -0.0914 e. The summed E-state index contributed by atoms with van der Waals surface area (Å²) >= 11 is 0. The Morgan fingerprint density at radius 1 is 0.952 bits per heavy atom. The number of benzene rings is 2. The number of rotatable bonds is 3. The average molecular weight is 278 g/mol. The molecule has 1 fully saturated rings. The molecule has 0 bridgehead atoms. The second-order valence-corrected chi connectivity index (χ2v) is 6.43. The quantitative estimate of drug-likeness (QED) is 0.582. The standard InChI is InChI=1S/C21H26/c1-3-5-17-7-9-18(10-8-17)20-13-12-19-14-16(4-2)6-11-21(19)15-20/h3,5-6,11-15,17-18H,4,7-10H2,1-2H3/b5-3+. The molecule has 0 unspecified atom stereocenters. The van der Waals surface area contributed by atoms with Gasteiger partial charge in [-0.15, -0.1) is 0 Å². The lowest BCUT2D eigenvalue weighted by Crippen LogP contribution is -2.11. The highest BCUT2D eigenvalue weighted by Gasteiger charge is 2.20. The van der Waals surface area contributed by atoms with Crippen molar-refractivity contribution in [1.29, 1.82) is 0 Å². The molecular weight excluding hydrogens is 252 g/mol. The average Bonchev–Trinajstić information content (AvgIpc) is 2.55. The van der Waals surface area contributed by atoms with Gasteiger partial charge in [-0.1, -0.05) is 55.5 Å². The van der Waals surface area contributed by atoms with Crippen LogP contribution in [0.25, 0.3) is 10.8 Å². The van der Waals surface area contributed by atoms with Crippen LogP contribution in [0, 0.1) is 5.92 Å². The molecule has 0 saturated heterocycles. The summed E-state index contributed by atoms with van der Waals surface area (Å²) in [5.41, 5.74) is 2.98. The molecule has 1 saturated carbocycles. The normalized spacial score (nSPS) is 23.0. The van der Waals surface area contributed by atoms with Crippen molar-refractivity contribution in [1.82, 2.24) is 0 Å². The van der Waals surface area contributed by atoms with Crippen molar-refractivity contribution in [3.05, 3.63) is 59.7 Å². The monoisotopic (exact) mass is 278 g/mol. The number of hydrogen-bond donors (Lipinski definition) is 0. The van der Waals surface area contributed by atoms with Gasteiger partial charge in [0, 0.05) is 0 Å². The number of fused-ring (bicyclic) bond motifs is 1. The van der Waals surface area contributed by atoms with E-state index in [0.29, 0.717) is 0 Å². The third-order valence-electron chi connectivity index (χ3n) is 5.04. The van der Waals surface area contributed by atoms with Crippen LogP contribution in [0.3, 0.4) is 0 Å². The van der Waals surface area contributed by atoms with Crippen LogP contribution < -0.4 is 0 Å². The van der Waals surface area contributed by atoms with Crippen LogP contribution in [0.4, 0.5) is 0 Å². The van der Waals surface area contributed by atoms with E-state index in [0.717, 1.165) is 18.3 Å². The van der Waals surface area contributed by atoms with E-state index in [-0.39, 0.29) is 0 Å². The van der Waals surface area contributed by atoms with Crippen LogP contribution in [0.5, 0.6) is 0 Å². The van der Waals surface area contributed by atoms with Gasteiger partial charge in [-0.25, -0.2) is 0 Å². The van der Waals surface area contributed by atoms with Crippen molar-refractivity contribution >= 4 is 10.8 Å². The summed E-state index contributed by atoms with van der Waals surface area (Å²) in [7, 11) is 0. The van der Waals surface area contributed by atoms with E-state index < -0.39 is 0 Å². The molecule has 0 nitrogen and oxygen atoms in total. The summed E-state index contributed by atoms with van der Waals surface area (Å²) in [6.45, 7) is 4.36. The first kappa shape index (κ1) is 14.4. The first-order valence-electron chi connectivity index (χ1n) is 8.45. The molecule has 3 rings (SSSR count). The van der Waals surface area contributed by atoms with Crippen molar-refractivity contribution in [2.24, 2.45) is 5.92 Å². The topological polar surface area (TPSA) is 0 Å². The first-order chi connectivity index (χ1) is 10.3. The Bertz CT molecular complexity index is 628. The second kappa shape index (κ2) is 6.47. The van der Waals surface area contributed by atoms with Crippen LogP contribution in [-0.2, 0) is 6.42 Å². The first-order valence-corrected chi connectivity index (χ1v) is 8.45. The molecule has 2 aromatic rings. The second-order valence-electron chi connectivity index (χ2n) is 6.43. The number of aryl methyl sites for hydroxylation is 1. The zero-order valence-corrected chi connectivity index (χ0v) is 13.3. The van der Waals surface area contributed by atoms with Gasteiger partial charge in [0.25, 0.3) is 0 Å². The third kappa shape index (κ3) is 3.20. The van der Waals surface area contributed by atoms with E-state index in [4.69, 9.17) is 0 Å². The summed E-state index contributed by atoms with van der Waals surface area (Å²) < 4.78 is 0. The molecule has 1 aliphatic rings. The zero-order valence-electron chi connectivity index (χ0n) is 13.3. The van der Waals surface area contributed by atoms with Gasteiger partial charge in [0.05, 0.1) is 0 Å². The van der Waals surface area contributed by atoms with E-state index in [1.54, 1.807) is 5.56 Å². The zero-order chi connectivity index (χ0) is 14.7. The highest BCUT2D eigenvalue weighted by molar-refractivity contribution is 5.84. The van der Waals surface area contributed by atoms with Gasteiger partial charge in [-0.3, -0.25) is 0 Å². The molecule has 2 aromatic carbocycles. The van der Waals surface area contributed by atoms with Crippen LogP contribution in [-0.4, -0.2) is 0 Å². The maximum absolute atomic E-state index is 2.43. The van der Waals surface area contributed by atoms with Crippen molar-refractivity contribution in [2.75, 3.05) is 0 Å². The van der Waals surface area contributed by atoms with Gasteiger partial charge < -0.3 is 0 Å². The van der Waals surface area contributed by atoms with E-state index in [1.807, 2.05) is 0 Å². The number of hydrogen-bond acceptors (Lipinski definition) is 0. The summed E-state index contributed by atoms with van der Waals surface area (Å²) in [6, 6.07) is 14.0. The highest BCUT2D eigenvalue weighted by atomic mass is 14.3. The largest absolute Gasteiger partial charge is 0.0914 e. The van der Waals surface area contributed by atoms with Gasteiger partial charge in [-0.2, -0.15) is 0 Å². The lowest BCUT2D eigenvalue weighted by Gasteiger charge is -2.27. The molecule has 0 atom stereocenters. The van der Waals surface area contributed by atoms with Crippen LogP contribution in [0.1, 0.15) is 56.6 Å². The van der Waals surface area contributed by atoms with Gasteiger partial charge in [0.2, 0.25) is 0 Å². The SMILES string of the molecule is C/C=C/C1CCC(c2ccc3cc(CC)ccc3c2)CC1. The summed E-state index contributed by atoms with van der Waals surface area (Å²) in [5, 5.41) is 2.79. The smallest absolute Gasteiger partial charge is 0.0161 e. The van der Waals surface area contributed by atoms with Crippen LogP contribution >= 0.6 is 0 Å². The molecule has 0 heterocycles. The van der Waals surface area contributed by atoms with Gasteiger partial charge in [0.15, 0.2) is 0 Å². The Kier molecular flexibility index (Phi) is 4.43. The van der Waals surface area contributed by atoms with E-state index in [9.17, 15) is 0 Å². The fourth-order valence-corrected chi connectivity index (χ4v) is 3.70. The molecule has 0 radical (unpaired) electrons. The van der Waals surface area contributed by atoms with Crippen molar-refractivity contribution in [2.45, 2.75) is 51.9 Å². The maximum atomic E-state index is 2.43. The van der Waals surface area contributed by atoms with E-state index >= 15 is 0 Å². The fraction of sp³-hybridized carbons (Fsp3) is 0.429.